The largest absolute Gasteiger partial charge is 0.456 e. The Kier molecular flexibility index (Phi) is 6.05. The molecule has 0 unspecified atom stereocenters. The van der Waals surface area contributed by atoms with Crippen molar-refractivity contribution in [2.24, 2.45) is 0 Å². The average molecular weight is 631 g/mol. The van der Waals surface area contributed by atoms with Crippen LogP contribution in [0.5, 0.6) is 0 Å². The van der Waals surface area contributed by atoms with Crippen molar-refractivity contribution in [2.45, 2.75) is 0 Å². The maximum atomic E-state index is 6.58. The predicted molar refractivity (Wildman–Crippen MR) is 201 cm³/mol. The number of pyridine rings is 1. The molecule has 3 aromatic heterocycles. The Balaban J connectivity index is 1.23. The third-order valence-corrected chi connectivity index (χ3v) is 10.4. The van der Waals surface area contributed by atoms with Gasteiger partial charge in [-0.05, 0) is 53.1 Å². The molecular formula is C44H26N2OS. The van der Waals surface area contributed by atoms with Crippen molar-refractivity contribution in [2.75, 3.05) is 0 Å². The van der Waals surface area contributed by atoms with Crippen molar-refractivity contribution < 1.29 is 4.42 Å². The molecule has 0 amide bonds. The molecule has 48 heavy (non-hydrogen) atoms. The number of furan rings is 1. The first-order valence-corrected chi connectivity index (χ1v) is 16.9. The van der Waals surface area contributed by atoms with Crippen molar-refractivity contribution in [3.05, 3.63) is 158 Å². The summed E-state index contributed by atoms with van der Waals surface area (Å²) in [5.74, 6) is 0. The van der Waals surface area contributed by atoms with Crippen LogP contribution in [0.1, 0.15) is 0 Å². The van der Waals surface area contributed by atoms with Crippen LogP contribution in [-0.2, 0) is 0 Å². The van der Waals surface area contributed by atoms with E-state index in [9.17, 15) is 0 Å². The fourth-order valence-corrected chi connectivity index (χ4v) is 8.05. The van der Waals surface area contributed by atoms with E-state index in [1.54, 1.807) is 11.3 Å². The third kappa shape index (κ3) is 4.27. The number of fused-ring (bicyclic) bond motifs is 7. The van der Waals surface area contributed by atoms with Crippen LogP contribution in [0.4, 0.5) is 0 Å². The van der Waals surface area contributed by atoms with E-state index in [2.05, 4.69) is 140 Å². The smallest absolute Gasteiger partial charge is 0.136 e. The molecule has 3 nitrogen and oxygen atoms in total. The van der Waals surface area contributed by atoms with E-state index in [0.29, 0.717) is 0 Å². The molecular weight excluding hydrogens is 605 g/mol. The first-order chi connectivity index (χ1) is 23.8. The van der Waals surface area contributed by atoms with Gasteiger partial charge in [0.15, 0.2) is 0 Å². The lowest BCUT2D eigenvalue weighted by Crippen LogP contribution is -1.93. The van der Waals surface area contributed by atoms with Gasteiger partial charge in [0.05, 0.1) is 21.4 Å². The summed E-state index contributed by atoms with van der Waals surface area (Å²) >= 11 is 1.73. The summed E-state index contributed by atoms with van der Waals surface area (Å²) in [4.78, 5) is 10.1. The molecule has 0 aliphatic carbocycles. The molecule has 0 radical (unpaired) electrons. The molecule has 4 heteroatoms. The van der Waals surface area contributed by atoms with Gasteiger partial charge in [-0.3, -0.25) is 0 Å². The van der Waals surface area contributed by atoms with Gasteiger partial charge in [0, 0.05) is 43.6 Å². The maximum Gasteiger partial charge on any atom is 0.136 e. The molecule has 0 spiro atoms. The Morgan fingerprint density at radius 2 is 1.10 bits per heavy atom. The summed E-state index contributed by atoms with van der Waals surface area (Å²) in [7, 11) is 0. The van der Waals surface area contributed by atoms with E-state index in [-0.39, 0.29) is 0 Å². The van der Waals surface area contributed by atoms with E-state index in [1.165, 1.54) is 10.1 Å². The van der Waals surface area contributed by atoms with Gasteiger partial charge in [-0.25, -0.2) is 9.97 Å². The lowest BCUT2D eigenvalue weighted by Gasteiger charge is -2.16. The van der Waals surface area contributed by atoms with Crippen LogP contribution in [0.15, 0.2) is 162 Å². The van der Waals surface area contributed by atoms with Crippen molar-refractivity contribution in [3.63, 3.8) is 0 Å². The molecule has 0 bridgehead atoms. The zero-order valence-electron chi connectivity index (χ0n) is 25.7. The van der Waals surface area contributed by atoms with E-state index in [0.717, 1.165) is 87.8 Å². The second kappa shape index (κ2) is 10.7. The zero-order chi connectivity index (χ0) is 31.6. The van der Waals surface area contributed by atoms with Crippen LogP contribution in [0, 0.1) is 0 Å². The van der Waals surface area contributed by atoms with Gasteiger partial charge >= 0.3 is 0 Å². The minimum atomic E-state index is 0.860. The Bertz CT molecular complexity index is 2800. The molecule has 10 aromatic rings. The standard InChI is InChI=1S/C44H26N2OS/c1-2-11-28(12-3-1)43-34-26-38-42(33-16-5-8-19-37(33)47-38)40(41(34)32-15-4-6-17-35(32)45-43)31-14-10-13-30(25-31)27-21-23-29(24-22-27)44-46-36-18-7-9-20-39(36)48-44/h1-26H. The highest BCUT2D eigenvalue weighted by molar-refractivity contribution is 7.21. The summed E-state index contributed by atoms with van der Waals surface area (Å²) in [5, 5.41) is 6.65. The monoisotopic (exact) mass is 630 g/mol. The molecule has 0 aliphatic rings. The van der Waals surface area contributed by atoms with Crippen LogP contribution < -0.4 is 0 Å². The zero-order valence-corrected chi connectivity index (χ0v) is 26.5. The number of thiazole rings is 1. The van der Waals surface area contributed by atoms with Gasteiger partial charge in [0.2, 0.25) is 0 Å². The number of aromatic nitrogens is 2. The first kappa shape index (κ1) is 27.1. The van der Waals surface area contributed by atoms with Crippen molar-refractivity contribution >= 4 is 65.2 Å². The highest BCUT2D eigenvalue weighted by Crippen LogP contribution is 2.46. The molecule has 0 saturated heterocycles. The number of para-hydroxylation sites is 3. The van der Waals surface area contributed by atoms with Crippen LogP contribution in [0.2, 0.25) is 0 Å². The Labute approximate surface area is 280 Å². The summed E-state index contributed by atoms with van der Waals surface area (Å²) in [6.45, 7) is 0. The summed E-state index contributed by atoms with van der Waals surface area (Å²) < 4.78 is 7.79. The van der Waals surface area contributed by atoms with E-state index in [1.807, 2.05) is 18.2 Å². The van der Waals surface area contributed by atoms with Gasteiger partial charge in [-0.2, -0.15) is 0 Å². The summed E-state index contributed by atoms with van der Waals surface area (Å²) in [5.41, 5.74) is 11.5. The molecule has 224 valence electrons. The highest BCUT2D eigenvalue weighted by Gasteiger charge is 2.21. The number of nitrogens with zero attached hydrogens (tertiary/aromatic N) is 2. The van der Waals surface area contributed by atoms with Gasteiger partial charge in [0.25, 0.3) is 0 Å². The van der Waals surface area contributed by atoms with E-state index < -0.39 is 0 Å². The second-order valence-corrected chi connectivity index (χ2v) is 13.2. The van der Waals surface area contributed by atoms with Gasteiger partial charge in [0.1, 0.15) is 16.2 Å². The van der Waals surface area contributed by atoms with Crippen LogP contribution in [0.3, 0.4) is 0 Å². The number of rotatable bonds is 4. The maximum absolute atomic E-state index is 6.58. The third-order valence-electron chi connectivity index (χ3n) is 9.29. The lowest BCUT2D eigenvalue weighted by atomic mass is 9.88. The van der Waals surface area contributed by atoms with Gasteiger partial charge in [-0.15, -0.1) is 11.3 Å². The molecule has 3 heterocycles. The van der Waals surface area contributed by atoms with Crippen molar-refractivity contribution in [1.29, 1.82) is 0 Å². The highest BCUT2D eigenvalue weighted by atomic mass is 32.1. The van der Waals surface area contributed by atoms with Crippen LogP contribution in [0.25, 0.3) is 97.9 Å². The van der Waals surface area contributed by atoms with Crippen molar-refractivity contribution in [3.8, 4) is 44.1 Å². The predicted octanol–water partition coefficient (Wildman–Crippen LogP) is 12.6. The van der Waals surface area contributed by atoms with E-state index in [4.69, 9.17) is 14.4 Å². The lowest BCUT2D eigenvalue weighted by molar-refractivity contribution is 0.669. The summed E-state index contributed by atoms with van der Waals surface area (Å²) in [6.07, 6.45) is 0. The van der Waals surface area contributed by atoms with Gasteiger partial charge in [-0.1, -0.05) is 121 Å². The first-order valence-electron chi connectivity index (χ1n) is 16.1. The summed E-state index contributed by atoms with van der Waals surface area (Å²) in [6, 6.07) is 55.5. The molecule has 0 atom stereocenters. The SMILES string of the molecule is c1ccc(-c2nc3ccccc3c3c(-c4cccc(-c5ccc(-c6nc7ccccc7s6)cc5)c4)c4c(cc23)oc2ccccc24)cc1. The van der Waals surface area contributed by atoms with Crippen LogP contribution >= 0.6 is 11.3 Å². The topological polar surface area (TPSA) is 38.9 Å². The van der Waals surface area contributed by atoms with E-state index >= 15 is 0 Å². The fraction of sp³-hybridized carbons (Fsp3) is 0. The average Bonchev–Trinajstić information content (AvgIpc) is 3.76. The second-order valence-electron chi connectivity index (χ2n) is 12.1. The number of benzene rings is 7. The minimum absolute atomic E-state index is 0.860. The minimum Gasteiger partial charge on any atom is -0.456 e. The Hall–Kier alpha value is -6.10. The fourth-order valence-electron chi connectivity index (χ4n) is 7.08. The normalized spacial score (nSPS) is 11.8. The number of hydrogen-bond acceptors (Lipinski definition) is 4. The molecule has 0 aliphatic heterocycles. The Morgan fingerprint density at radius 1 is 0.417 bits per heavy atom. The van der Waals surface area contributed by atoms with Crippen LogP contribution in [-0.4, -0.2) is 9.97 Å². The quantitative estimate of drug-likeness (QED) is 0.182. The molecule has 0 fully saturated rings. The Morgan fingerprint density at radius 3 is 1.96 bits per heavy atom. The number of hydrogen-bond donors (Lipinski definition) is 0. The van der Waals surface area contributed by atoms with Crippen molar-refractivity contribution in [1.82, 2.24) is 9.97 Å². The molecule has 0 saturated carbocycles. The van der Waals surface area contributed by atoms with Gasteiger partial charge < -0.3 is 4.42 Å². The molecule has 0 N–H and O–H groups in total. The molecule has 10 rings (SSSR count). The molecule has 7 aromatic carbocycles.